The van der Waals surface area contributed by atoms with Crippen molar-refractivity contribution in [2.45, 2.75) is 6.61 Å². The third kappa shape index (κ3) is 2.20. The zero-order valence-electron chi connectivity index (χ0n) is 8.29. The minimum Gasteiger partial charge on any atom is -0.477 e. The van der Waals surface area contributed by atoms with Gasteiger partial charge in [-0.15, -0.1) is 0 Å². The van der Waals surface area contributed by atoms with Gasteiger partial charge in [-0.25, -0.2) is 9.78 Å². The molecule has 0 spiro atoms. The second kappa shape index (κ2) is 4.48. The van der Waals surface area contributed by atoms with Gasteiger partial charge in [0.2, 0.25) is 5.88 Å². The van der Waals surface area contributed by atoms with Crippen LogP contribution in [0.4, 0.5) is 0 Å². The fraction of sp³-hybridized carbons (Fsp3) is 0.0909. The number of carboxylic acids is 1. The number of pyridine rings is 1. The normalized spacial score (nSPS) is 10.0. The number of nitrogens with zero attached hydrogens (tertiary/aromatic N) is 1. The van der Waals surface area contributed by atoms with Crippen molar-refractivity contribution >= 4 is 5.97 Å². The largest absolute Gasteiger partial charge is 0.477 e. The summed E-state index contributed by atoms with van der Waals surface area (Å²) >= 11 is 0. The number of carbonyl (C=O) groups is 1. The first-order valence-corrected chi connectivity index (χ1v) is 4.61. The highest BCUT2D eigenvalue weighted by atomic mass is 16.5. The molecule has 82 valence electrons. The molecule has 2 aromatic heterocycles. The summed E-state index contributed by atoms with van der Waals surface area (Å²) in [5.41, 5.74) is 0.0362. The zero-order valence-corrected chi connectivity index (χ0v) is 8.29. The van der Waals surface area contributed by atoms with E-state index in [0.29, 0.717) is 5.76 Å². The molecule has 16 heavy (non-hydrogen) atoms. The summed E-state index contributed by atoms with van der Waals surface area (Å²) in [5.74, 6) is -0.365. The van der Waals surface area contributed by atoms with Gasteiger partial charge < -0.3 is 14.3 Å². The predicted octanol–water partition coefficient (Wildman–Crippen LogP) is 1.95. The first kappa shape index (κ1) is 10.2. The van der Waals surface area contributed by atoms with Gasteiger partial charge >= 0.3 is 5.97 Å². The molecule has 0 atom stereocenters. The number of hydrogen-bond donors (Lipinski definition) is 1. The Balaban J connectivity index is 2.12. The van der Waals surface area contributed by atoms with Crippen molar-refractivity contribution in [3.8, 4) is 5.88 Å². The van der Waals surface area contributed by atoms with Crippen LogP contribution in [0.2, 0.25) is 0 Å². The van der Waals surface area contributed by atoms with Crippen LogP contribution in [0.3, 0.4) is 0 Å². The fourth-order valence-corrected chi connectivity index (χ4v) is 1.20. The van der Waals surface area contributed by atoms with Gasteiger partial charge in [0.05, 0.1) is 6.26 Å². The molecule has 0 aromatic carbocycles. The lowest BCUT2D eigenvalue weighted by molar-refractivity contribution is 0.0690. The van der Waals surface area contributed by atoms with Crippen molar-refractivity contribution < 1.29 is 19.1 Å². The minimum absolute atomic E-state index is 0.0362. The van der Waals surface area contributed by atoms with E-state index < -0.39 is 5.97 Å². The molecule has 0 radical (unpaired) electrons. The molecular weight excluding hydrogens is 210 g/mol. The fourth-order valence-electron chi connectivity index (χ4n) is 1.20. The van der Waals surface area contributed by atoms with E-state index >= 15 is 0 Å². The van der Waals surface area contributed by atoms with Crippen molar-refractivity contribution in [1.29, 1.82) is 0 Å². The Hall–Kier alpha value is -2.30. The van der Waals surface area contributed by atoms with Crippen LogP contribution in [0.25, 0.3) is 0 Å². The highest BCUT2D eigenvalue weighted by Crippen LogP contribution is 2.15. The maximum atomic E-state index is 10.8. The van der Waals surface area contributed by atoms with Crippen LogP contribution in [-0.4, -0.2) is 16.1 Å². The van der Waals surface area contributed by atoms with Crippen LogP contribution < -0.4 is 4.74 Å². The standard InChI is InChI=1S/C11H9NO4/c13-11(14)9-4-1-5-12-10(9)16-7-8-3-2-6-15-8/h1-6H,7H2,(H,13,14). The predicted molar refractivity (Wildman–Crippen MR) is 54.2 cm³/mol. The molecule has 2 heterocycles. The molecule has 0 saturated carbocycles. The van der Waals surface area contributed by atoms with E-state index in [9.17, 15) is 4.79 Å². The molecule has 0 bridgehead atoms. The average Bonchev–Trinajstić information content (AvgIpc) is 2.79. The van der Waals surface area contributed by atoms with E-state index in [2.05, 4.69) is 4.98 Å². The lowest BCUT2D eigenvalue weighted by Gasteiger charge is -2.05. The maximum absolute atomic E-state index is 10.8. The Labute approximate surface area is 91.3 Å². The van der Waals surface area contributed by atoms with E-state index in [0.717, 1.165) is 0 Å². The molecule has 5 nitrogen and oxygen atoms in total. The van der Waals surface area contributed by atoms with Crippen molar-refractivity contribution in [3.63, 3.8) is 0 Å². The molecule has 5 heteroatoms. The summed E-state index contributed by atoms with van der Waals surface area (Å²) < 4.78 is 10.3. The minimum atomic E-state index is -1.07. The Morgan fingerprint density at radius 3 is 3.00 bits per heavy atom. The highest BCUT2D eigenvalue weighted by molar-refractivity contribution is 5.90. The van der Waals surface area contributed by atoms with Gasteiger partial charge in [0.1, 0.15) is 17.9 Å². The molecule has 0 aliphatic rings. The van der Waals surface area contributed by atoms with Gasteiger partial charge in [0.15, 0.2) is 0 Å². The second-order valence-corrected chi connectivity index (χ2v) is 3.03. The van der Waals surface area contributed by atoms with Crippen LogP contribution >= 0.6 is 0 Å². The van der Waals surface area contributed by atoms with E-state index in [-0.39, 0.29) is 18.1 Å². The number of furan rings is 1. The monoisotopic (exact) mass is 219 g/mol. The van der Waals surface area contributed by atoms with E-state index in [1.54, 1.807) is 18.2 Å². The smallest absolute Gasteiger partial charge is 0.341 e. The zero-order chi connectivity index (χ0) is 11.4. The first-order chi connectivity index (χ1) is 7.77. The third-order valence-corrected chi connectivity index (χ3v) is 1.93. The lowest BCUT2D eigenvalue weighted by atomic mass is 10.3. The van der Waals surface area contributed by atoms with Crippen LogP contribution in [0.1, 0.15) is 16.1 Å². The Kier molecular flexibility index (Phi) is 2.86. The van der Waals surface area contributed by atoms with E-state index in [1.807, 2.05) is 0 Å². The topological polar surface area (TPSA) is 72.6 Å². The molecule has 0 saturated heterocycles. The summed E-state index contributed by atoms with van der Waals surface area (Å²) in [6, 6.07) is 6.45. The average molecular weight is 219 g/mol. The molecular formula is C11H9NO4. The molecule has 2 aromatic rings. The quantitative estimate of drug-likeness (QED) is 0.850. The van der Waals surface area contributed by atoms with Crippen LogP contribution in [0.5, 0.6) is 5.88 Å². The van der Waals surface area contributed by atoms with Crippen molar-refractivity contribution in [2.24, 2.45) is 0 Å². The number of aromatic nitrogens is 1. The second-order valence-electron chi connectivity index (χ2n) is 3.03. The van der Waals surface area contributed by atoms with Crippen molar-refractivity contribution in [1.82, 2.24) is 4.98 Å². The molecule has 2 rings (SSSR count). The van der Waals surface area contributed by atoms with E-state index in [4.69, 9.17) is 14.3 Å². The highest BCUT2D eigenvalue weighted by Gasteiger charge is 2.12. The van der Waals surface area contributed by atoms with Gasteiger partial charge in [-0.05, 0) is 24.3 Å². The number of ether oxygens (including phenoxy) is 1. The van der Waals surface area contributed by atoms with Gasteiger partial charge in [-0.3, -0.25) is 0 Å². The van der Waals surface area contributed by atoms with Gasteiger partial charge in [-0.1, -0.05) is 0 Å². The molecule has 0 unspecified atom stereocenters. The van der Waals surface area contributed by atoms with Crippen molar-refractivity contribution in [3.05, 3.63) is 48.0 Å². The Morgan fingerprint density at radius 1 is 1.44 bits per heavy atom. The van der Waals surface area contributed by atoms with Gasteiger partial charge in [0, 0.05) is 6.20 Å². The number of rotatable bonds is 4. The summed E-state index contributed by atoms with van der Waals surface area (Å²) in [5, 5.41) is 8.88. The number of hydrogen-bond acceptors (Lipinski definition) is 4. The molecule has 1 N–H and O–H groups in total. The molecule has 0 fully saturated rings. The molecule has 0 aliphatic carbocycles. The lowest BCUT2D eigenvalue weighted by Crippen LogP contribution is -2.04. The number of aromatic carboxylic acids is 1. The maximum Gasteiger partial charge on any atom is 0.341 e. The van der Waals surface area contributed by atoms with Crippen LogP contribution in [0, 0.1) is 0 Å². The SMILES string of the molecule is O=C(O)c1cccnc1OCc1ccco1. The Bertz CT molecular complexity index is 478. The molecule has 0 amide bonds. The third-order valence-electron chi connectivity index (χ3n) is 1.93. The summed E-state index contributed by atoms with van der Waals surface area (Å²) in [4.78, 5) is 14.7. The van der Waals surface area contributed by atoms with Gasteiger partial charge in [0.25, 0.3) is 0 Å². The van der Waals surface area contributed by atoms with Crippen LogP contribution in [0.15, 0.2) is 41.1 Å². The summed E-state index contributed by atoms with van der Waals surface area (Å²) in [6.07, 6.45) is 3.00. The number of carboxylic acid groups (broad SMARTS) is 1. The Morgan fingerprint density at radius 2 is 2.31 bits per heavy atom. The van der Waals surface area contributed by atoms with Crippen LogP contribution in [-0.2, 0) is 6.61 Å². The van der Waals surface area contributed by atoms with Gasteiger partial charge in [-0.2, -0.15) is 0 Å². The summed E-state index contributed by atoms with van der Waals surface area (Å²) in [7, 11) is 0. The molecule has 0 aliphatic heterocycles. The van der Waals surface area contributed by atoms with E-state index in [1.165, 1.54) is 18.5 Å². The van der Waals surface area contributed by atoms with Crippen molar-refractivity contribution in [2.75, 3.05) is 0 Å². The summed E-state index contributed by atoms with van der Waals surface area (Å²) in [6.45, 7) is 0.157. The first-order valence-electron chi connectivity index (χ1n) is 4.61.